The topological polar surface area (TPSA) is 72.0 Å². The van der Waals surface area contributed by atoms with Crippen LogP contribution in [0.2, 0.25) is 0 Å². The molecule has 3 N–H and O–H groups in total. The number of nitrogens with one attached hydrogen (secondary N) is 1. The first kappa shape index (κ1) is 14.5. The minimum atomic E-state index is 0.102. The Morgan fingerprint density at radius 2 is 2.15 bits per heavy atom. The number of para-hydroxylation sites is 1. The van der Waals surface area contributed by atoms with Crippen molar-refractivity contribution in [2.24, 2.45) is 5.73 Å². The van der Waals surface area contributed by atoms with E-state index in [1.54, 1.807) is 0 Å². The molecule has 1 aromatic heterocycles. The molecule has 1 aromatic carbocycles. The fraction of sp³-hybridized carbons (Fsp3) is 0.333. The second-order valence-electron chi connectivity index (χ2n) is 4.51. The molecule has 106 valence electrons. The number of hydrogen-bond acceptors (Lipinski definition) is 4. The van der Waals surface area contributed by atoms with Crippen LogP contribution >= 0.6 is 11.3 Å². The molecule has 1 heterocycles. The van der Waals surface area contributed by atoms with Gasteiger partial charge in [0.25, 0.3) is 0 Å². The summed E-state index contributed by atoms with van der Waals surface area (Å²) in [7, 11) is 0. The van der Waals surface area contributed by atoms with Gasteiger partial charge in [-0.15, -0.1) is 11.3 Å². The van der Waals surface area contributed by atoms with Crippen molar-refractivity contribution < 1.29 is 4.74 Å². The van der Waals surface area contributed by atoms with Crippen LogP contribution in [0.5, 0.6) is 5.75 Å². The Kier molecular flexibility index (Phi) is 4.74. The molecule has 2 aromatic rings. The summed E-state index contributed by atoms with van der Waals surface area (Å²) in [6.45, 7) is 4.63. The van der Waals surface area contributed by atoms with Gasteiger partial charge in [-0.2, -0.15) is 0 Å². The molecule has 0 aliphatic heterocycles. The summed E-state index contributed by atoms with van der Waals surface area (Å²) in [4.78, 5) is 5.31. The predicted octanol–water partition coefficient (Wildman–Crippen LogP) is 2.92. The Labute approximate surface area is 123 Å². The highest BCUT2D eigenvalue weighted by atomic mass is 32.1. The maximum Gasteiger partial charge on any atom is 0.135 e. The number of nitrogens with zero attached hydrogens (tertiary/aromatic N) is 1. The summed E-state index contributed by atoms with van der Waals surface area (Å²) < 4.78 is 5.77. The molecule has 0 aliphatic carbocycles. The second kappa shape index (κ2) is 6.52. The van der Waals surface area contributed by atoms with Crippen molar-refractivity contribution >= 4 is 17.2 Å². The number of benzene rings is 1. The van der Waals surface area contributed by atoms with Gasteiger partial charge in [-0.05, 0) is 25.0 Å². The molecule has 0 aliphatic rings. The smallest absolute Gasteiger partial charge is 0.135 e. The zero-order valence-electron chi connectivity index (χ0n) is 11.8. The molecule has 0 bridgehead atoms. The number of hydrogen-bond donors (Lipinski definition) is 2. The van der Waals surface area contributed by atoms with Crippen LogP contribution in [-0.2, 0) is 12.8 Å². The highest BCUT2D eigenvalue weighted by Crippen LogP contribution is 2.20. The molecule has 0 fully saturated rings. The lowest BCUT2D eigenvalue weighted by molar-refractivity contribution is 0.319. The first-order valence-corrected chi connectivity index (χ1v) is 7.44. The quantitative estimate of drug-likeness (QED) is 0.634. The molecule has 0 saturated heterocycles. The van der Waals surface area contributed by atoms with Gasteiger partial charge in [-0.3, -0.25) is 5.41 Å². The van der Waals surface area contributed by atoms with Crippen molar-refractivity contribution in [3.05, 3.63) is 45.4 Å². The van der Waals surface area contributed by atoms with E-state index in [9.17, 15) is 0 Å². The maximum absolute atomic E-state index is 7.55. The molecule has 20 heavy (non-hydrogen) atoms. The second-order valence-corrected chi connectivity index (χ2v) is 5.60. The van der Waals surface area contributed by atoms with E-state index >= 15 is 0 Å². The SMILES string of the molecule is CCc1nc(CCOc2ccccc2C)sc1C(=N)N. The first-order valence-electron chi connectivity index (χ1n) is 6.63. The van der Waals surface area contributed by atoms with Crippen molar-refractivity contribution in [2.45, 2.75) is 26.7 Å². The highest BCUT2D eigenvalue weighted by Gasteiger charge is 2.12. The van der Waals surface area contributed by atoms with Gasteiger partial charge in [0.2, 0.25) is 0 Å². The summed E-state index contributed by atoms with van der Waals surface area (Å²) >= 11 is 1.49. The molecule has 5 heteroatoms. The number of thiazole rings is 1. The Morgan fingerprint density at radius 1 is 1.40 bits per heavy atom. The van der Waals surface area contributed by atoms with Gasteiger partial charge in [0.15, 0.2) is 0 Å². The minimum Gasteiger partial charge on any atom is -0.493 e. The van der Waals surface area contributed by atoms with Crippen LogP contribution in [0.3, 0.4) is 0 Å². The van der Waals surface area contributed by atoms with Gasteiger partial charge >= 0.3 is 0 Å². The van der Waals surface area contributed by atoms with Crippen molar-refractivity contribution in [1.29, 1.82) is 5.41 Å². The number of aryl methyl sites for hydroxylation is 2. The molecule has 0 unspecified atom stereocenters. The number of amidine groups is 1. The van der Waals surface area contributed by atoms with Crippen LogP contribution in [0.15, 0.2) is 24.3 Å². The van der Waals surface area contributed by atoms with E-state index in [0.717, 1.165) is 39.7 Å². The van der Waals surface area contributed by atoms with E-state index in [0.29, 0.717) is 6.61 Å². The number of nitrogen functional groups attached to an aromatic ring is 1. The van der Waals surface area contributed by atoms with Crippen molar-refractivity contribution in [2.75, 3.05) is 6.61 Å². The van der Waals surface area contributed by atoms with Gasteiger partial charge in [0.1, 0.15) is 11.6 Å². The molecular weight excluding hydrogens is 270 g/mol. The summed E-state index contributed by atoms with van der Waals surface area (Å²) in [6.07, 6.45) is 1.53. The largest absolute Gasteiger partial charge is 0.493 e. The van der Waals surface area contributed by atoms with Crippen LogP contribution < -0.4 is 10.5 Å². The Morgan fingerprint density at radius 3 is 2.75 bits per heavy atom. The molecule has 4 nitrogen and oxygen atoms in total. The summed E-state index contributed by atoms with van der Waals surface area (Å²) in [5, 5.41) is 8.52. The molecule has 0 atom stereocenters. The van der Waals surface area contributed by atoms with E-state index in [1.165, 1.54) is 11.3 Å². The number of ether oxygens (including phenoxy) is 1. The maximum atomic E-state index is 7.55. The van der Waals surface area contributed by atoms with Crippen molar-refractivity contribution in [3.63, 3.8) is 0 Å². The lowest BCUT2D eigenvalue weighted by atomic mass is 10.2. The van der Waals surface area contributed by atoms with Crippen LogP contribution in [0.25, 0.3) is 0 Å². The Hall–Kier alpha value is -1.88. The van der Waals surface area contributed by atoms with Crippen LogP contribution in [0, 0.1) is 12.3 Å². The summed E-state index contributed by atoms with van der Waals surface area (Å²) in [5.74, 6) is 1.01. The molecule has 0 saturated carbocycles. The van der Waals surface area contributed by atoms with E-state index in [-0.39, 0.29) is 5.84 Å². The first-order chi connectivity index (χ1) is 9.61. The molecular formula is C15H19N3OS. The Balaban J connectivity index is 1.98. The van der Waals surface area contributed by atoms with E-state index < -0.39 is 0 Å². The molecule has 0 radical (unpaired) electrons. The van der Waals surface area contributed by atoms with E-state index in [1.807, 2.05) is 38.1 Å². The van der Waals surface area contributed by atoms with Gasteiger partial charge in [-0.25, -0.2) is 4.98 Å². The van der Waals surface area contributed by atoms with E-state index in [4.69, 9.17) is 15.9 Å². The number of rotatable bonds is 6. The predicted molar refractivity (Wildman–Crippen MR) is 82.9 cm³/mol. The molecule has 0 amide bonds. The Bertz CT molecular complexity index is 607. The number of aromatic nitrogens is 1. The van der Waals surface area contributed by atoms with Gasteiger partial charge < -0.3 is 10.5 Å². The normalized spacial score (nSPS) is 10.5. The highest BCUT2D eigenvalue weighted by molar-refractivity contribution is 7.13. The standard InChI is InChI=1S/C15H19N3OS/c1-3-11-14(15(16)17)20-13(18-11)8-9-19-12-7-5-4-6-10(12)2/h4-7H,3,8-9H2,1-2H3,(H3,16,17). The van der Waals surface area contributed by atoms with Crippen LogP contribution in [0.4, 0.5) is 0 Å². The molecule has 0 spiro atoms. The van der Waals surface area contributed by atoms with Gasteiger partial charge in [0.05, 0.1) is 22.2 Å². The lowest BCUT2D eigenvalue weighted by Gasteiger charge is -2.07. The third kappa shape index (κ3) is 3.36. The lowest BCUT2D eigenvalue weighted by Crippen LogP contribution is -2.11. The van der Waals surface area contributed by atoms with Crippen LogP contribution in [-0.4, -0.2) is 17.4 Å². The monoisotopic (exact) mass is 289 g/mol. The summed E-state index contributed by atoms with van der Waals surface area (Å²) in [5.41, 5.74) is 7.61. The van der Waals surface area contributed by atoms with Crippen molar-refractivity contribution in [1.82, 2.24) is 4.98 Å². The molecule has 2 rings (SSSR count). The average Bonchev–Trinajstić information content (AvgIpc) is 2.84. The van der Waals surface area contributed by atoms with Crippen LogP contribution in [0.1, 0.15) is 28.1 Å². The minimum absolute atomic E-state index is 0.102. The third-order valence-electron chi connectivity index (χ3n) is 2.99. The van der Waals surface area contributed by atoms with Gasteiger partial charge in [0, 0.05) is 6.42 Å². The fourth-order valence-corrected chi connectivity index (χ4v) is 2.92. The fourth-order valence-electron chi connectivity index (χ4n) is 1.92. The average molecular weight is 289 g/mol. The van der Waals surface area contributed by atoms with Crippen molar-refractivity contribution in [3.8, 4) is 5.75 Å². The zero-order valence-corrected chi connectivity index (χ0v) is 12.6. The van der Waals surface area contributed by atoms with E-state index in [2.05, 4.69) is 4.98 Å². The summed E-state index contributed by atoms with van der Waals surface area (Å²) in [6, 6.07) is 7.96. The zero-order chi connectivity index (χ0) is 14.5. The third-order valence-corrected chi connectivity index (χ3v) is 4.18. The van der Waals surface area contributed by atoms with Gasteiger partial charge in [-0.1, -0.05) is 25.1 Å². The number of nitrogens with two attached hydrogens (primary N) is 1.